The van der Waals surface area contributed by atoms with Crippen molar-refractivity contribution in [2.75, 3.05) is 26.9 Å². The second kappa shape index (κ2) is 10.0. The maximum absolute atomic E-state index is 13.0. The maximum Gasteiger partial charge on any atom is 0.338 e. The highest BCUT2D eigenvalue weighted by Gasteiger charge is 2.38. The molecule has 0 unspecified atom stereocenters. The summed E-state index contributed by atoms with van der Waals surface area (Å²) in [4.78, 5) is 27.5. The smallest absolute Gasteiger partial charge is 0.338 e. The number of hydrogen-bond donors (Lipinski definition) is 1. The van der Waals surface area contributed by atoms with Crippen LogP contribution < -0.4 is 14.8 Å². The first-order valence-electron chi connectivity index (χ1n) is 10.3. The van der Waals surface area contributed by atoms with Gasteiger partial charge in [-0.25, -0.2) is 9.59 Å². The number of carbonyl (C=O) groups excluding carboxylic acids is 2. The van der Waals surface area contributed by atoms with Crippen molar-refractivity contribution < 1.29 is 23.8 Å². The van der Waals surface area contributed by atoms with Crippen molar-refractivity contribution in [1.82, 2.24) is 10.2 Å². The molecule has 7 nitrogen and oxygen atoms in total. The minimum atomic E-state index is -0.680. The summed E-state index contributed by atoms with van der Waals surface area (Å²) in [6, 6.07) is 13.9. The zero-order valence-corrected chi connectivity index (χ0v) is 18.3. The number of amides is 2. The van der Waals surface area contributed by atoms with Gasteiger partial charge in [0.25, 0.3) is 0 Å². The van der Waals surface area contributed by atoms with E-state index in [-0.39, 0.29) is 19.2 Å². The normalized spacial score (nSPS) is 16.1. The van der Waals surface area contributed by atoms with E-state index in [1.165, 1.54) is 4.90 Å². The lowest BCUT2D eigenvalue weighted by Crippen LogP contribution is -2.49. The molecule has 0 aromatic heterocycles. The summed E-state index contributed by atoms with van der Waals surface area (Å²) in [5, 5.41) is 2.93. The van der Waals surface area contributed by atoms with Gasteiger partial charge in [-0.2, -0.15) is 0 Å². The van der Waals surface area contributed by atoms with Gasteiger partial charge >= 0.3 is 12.0 Å². The van der Waals surface area contributed by atoms with Crippen LogP contribution in [0.1, 0.15) is 31.0 Å². The summed E-state index contributed by atoms with van der Waals surface area (Å²) in [5.74, 6) is 0.803. The van der Waals surface area contributed by atoms with E-state index >= 15 is 0 Å². The van der Waals surface area contributed by atoms with E-state index in [9.17, 15) is 9.59 Å². The standard InChI is InChI=1S/C24H28N2O5/c1-5-26-20(15-31-19-12-7-9-16(3)13-19)21(23(27)30-6-2)22(25-24(26)28)17-10-8-11-18(14-17)29-4/h7-14,22H,5-6,15H2,1-4H3,(H,25,28)/t22-/m1/s1. The molecule has 2 aromatic carbocycles. The van der Waals surface area contributed by atoms with Gasteiger partial charge in [0.1, 0.15) is 18.1 Å². The lowest BCUT2D eigenvalue weighted by atomic mass is 9.94. The number of esters is 1. The first-order valence-corrected chi connectivity index (χ1v) is 10.3. The van der Waals surface area contributed by atoms with Gasteiger partial charge in [0.2, 0.25) is 0 Å². The molecule has 0 fully saturated rings. The highest BCUT2D eigenvalue weighted by Crippen LogP contribution is 2.33. The minimum Gasteiger partial charge on any atom is -0.497 e. The lowest BCUT2D eigenvalue weighted by molar-refractivity contribution is -0.139. The van der Waals surface area contributed by atoms with E-state index in [0.29, 0.717) is 29.3 Å². The van der Waals surface area contributed by atoms with Gasteiger partial charge in [0.05, 0.1) is 31.0 Å². The van der Waals surface area contributed by atoms with Crippen molar-refractivity contribution >= 4 is 12.0 Å². The summed E-state index contributed by atoms with van der Waals surface area (Å²) in [6.07, 6.45) is 0. The zero-order valence-electron chi connectivity index (χ0n) is 18.3. The summed E-state index contributed by atoms with van der Waals surface area (Å²) in [5.41, 5.74) is 2.61. The van der Waals surface area contributed by atoms with Crippen LogP contribution in [0, 0.1) is 6.92 Å². The Bertz CT molecular complexity index is 985. The fraction of sp³-hybridized carbons (Fsp3) is 0.333. The molecule has 0 radical (unpaired) electrons. The molecule has 7 heteroatoms. The number of methoxy groups -OCH3 is 1. The predicted octanol–water partition coefficient (Wildman–Crippen LogP) is 3.99. The number of benzene rings is 2. The number of rotatable bonds is 8. The molecule has 0 saturated heterocycles. The van der Waals surface area contributed by atoms with Crippen LogP contribution in [0.3, 0.4) is 0 Å². The topological polar surface area (TPSA) is 77.1 Å². The molecule has 2 aromatic rings. The number of ether oxygens (including phenoxy) is 3. The van der Waals surface area contributed by atoms with Crippen molar-refractivity contribution in [3.8, 4) is 11.5 Å². The molecule has 0 spiro atoms. The summed E-state index contributed by atoms with van der Waals surface area (Å²) >= 11 is 0. The van der Waals surface area contributed by atoms with Crippen molar-refractivity contribution in [2.24, 2.45) is 0 Å². The number of hydrogen-bond acceptors (Lipinski definition) is 5. The van der Waals surface area contributed by atoms with Crippen LogP contribution in [0.5, 0.6) is 11.5 Å². The Hall–Kier alpha value is -3.48. The van der Waals surface area contributed by atoms with E-state index in [1.54, 1.807) is 20.1 Å². The van der Waals surface area contributed by atoms with Crippen LogP contribution in [0.4, 0.5) is 4.79 Å². The first-order chi connectivity index (χ1) is 15.0. The van der Waals surface area contributed by atoms with Crippen LogP contribution in [0.25, 0.3) is 0 Å². The molecule has 2 amide bonds. The molecule has 0 saturated carbocycles. The molecular weight excluding hydrogens is 396 g/mol. The van der Waals surface area contributed by atoms with Crippen molar-refractivity contribution in [1.29, 1.82) is 0 Å². The Labute approximate surface area is 182 Å². The Morgan fingerprint density at radius 1 is 1.10 bits per heavy atom. The third kappa shape index (κ3) is 4.99. The summed E-state index contributed by atoms with van der Waals surface area (Å²) < 4.78 is 16.7. The van der Waals surface area contributed by atoms with E-state index in [0.717, 1.165) is 11.1 Å². The molecule has 31 heavy (non-hydrogen) atoms. The largest absolute Gasteiger partial charge is 0.497 e. The van der Waals surface area contributed by atoms with Crippen LogP contribution in [0.15, 0.2) is 59.8 Å². The highest BCUT2D eigenvalue weighted by atomic mass is 16.5. The molecule has 1 atom stereocenters. The molecule has 3 rings (SSSR count). The molecule has 0 bridgehead atoms. The third-order valence-corrected chi connectivity index (χ3v) is 5.04. The molecule has 1 aliphatic rings. The quantitative estimate of drug-likeness (QED) is 0.649. The van der Waals surface area contributed by atoms with Gasteiger partial charge in [0, 0.05) is 6.54 Å². The monoisotopic (exact) mass is 424 g/mol. The average Bonchev–Trinajstić information content (AvgIpc) is 2.77. The zero-order chi connectivity index (χ0) is 22.4. The van der Waals surface area contributed by atoms with E-state index in [1.807, 2.05) is 56.3 Å². The molecule has 1 heterocycles. The van der Waals surface area contributed by atoms with Crippen molar-refractivity contribution in [3.63, 3.8) is 0 Å². The fourth-order valence-corrected chi connectivity index (χ4v) is 3.57. The number of carbonyl (C=O) groups is 2. The van der Waals surface area contributed by atoms with Crippen LogP contribution in [0.2, 0.25) is 0 Å². The first kappa shape index (κ1) is 22.2. The Balaban J connectivity index is 2.08. The number of likely N-dealkylation sites (N-methyl/N-ethyl adjacent to an activating group) is 1. The molecule has 0 aliphatic carbocycles. The molecule has 164 valence electrons. The Kier molecular flexibility index (Phi) is 7.18. The highest BCUT2D eigenvalue weighted by molar-refractivity contribution is 5.95. The van der Waals surface area contributed by atoms with Crippen LogP contribution >= 0.6 is 0 Å². The minimum absolute atomic E-state index is 0.0549. The second-order valence-corrected chi connectivity index (χ2v) is 7.09. The van der Waals surface area contributed by atoms with Gasteiger partial charge in [-0.1, -0.05) is 24.3 Å². The van der Waals surface area contributed by atoms with E-state index in [2.05, 4.69) is 5.32 Å². The summed E-state index contributed by atoms with van der Waals surface area (Å²) in [7, 11) is 1.57. The van der Waals surface area contributed by atoms with Gasteiger partial charge < -0.3 is 19.5 Å². The summed E-state index contributed by atoms with van der Waals surface area (Å²) in [6.45, 7) is 6.23. The Morgan fingerprint density at radius 2 is 1.84 bits per heavy atom. The van der Waals surface area contributed by atoms with Gasteiger partial charge in [0.15, 0.2) is 0 Å². The number of aryl methyl sites for hydroxylation is 1. The number of nitrogens with zero attached hydrogens (tertiary/aromatic N) is 1. The van der Waals surface area contributed by atoms with Crippen molar-refractivity contribution in [3.05, 3.63) is 70.9 Å². The van der Waals surface area contributed by atoms with Crippen LogP contribution in [-0.4, -0.2) is 43.8 Å². The number of nitrogens with one attached hydrogen (secondary N) is 1. The van der Waals surface area contributed by atoms with Crippen molar-refractivity contribution in [2.45, 2.75) is 26.8 Å². The fourth-order valence-electron chi connectivity index (χ4n) is 3.57. The third-order valence-electron chi connectivity index (χ3n) is 5.04. The molecular formula is C24H28N2O5. The second-order valence-electron chi connectivity index (χ2n) is 7.09. The predicted molar refractivity (Wildman–Crippen MR) is 117 cm³/mol. The molecule has 1 N–H and O–H groups in total. The molecule has 1 aliphatic heterocycles. The lowest BCUT2D eigenvalue weighted by Gasteiger charge is -2.36. The van der Waals surface area contributed by atoms with Crippen LogP contribution in [-0.2, 0) is 9.53 Å². The van der Waals surface area contributed by atoms with Gasteiger partial charge in [-0.3, -0.25) is 4.90 Å². The van der Waals surface area contributed by atoms with E-state index < -0.39 is 12.0 Å². The maximum atomic E-state index is 13.0. The average molecular weight is 424 g/mol. The number of urea groups is 1. The Morgan fingerprint density at radius 3 is 2.52 bits per heavy atom. The SMILES string of the molecule is CCOC(=O)C1=C(COc2cccc(C)c2)N(CC)C(=O)N[C@@H]1c1cccc(OC)c1. The van der Waals surface area contributed by atoms with Gasteiger partial charge in [-0.05, 0) is 56.2 Å². The van der Waals surface area contributed by atoms with E-state index in [4.69, 9.17) is 14.2 Å². The van der Waals surface area contributed by atoms with Gasteiger partial charge in [-0.15, -0.1) is 0 Å².